The van der Waals surface area contributed by atoms with Gasteiger partial charge in [0.25, 0.3) is 0 Å². The average Bonchev–Trinajstić information content (AvgIpc) is 3.45. The van der Waals surface area contributed by atoms with Crippen LogP contribution < -0.4 is 0 Å². The van der Waals surface area contributed by atoms with E-state index in [0.717, 1.165) is 29.6 Å². The maximum Gasteiger partial charge on any atom is 0.310 e. The molecule has 4 aliphatic rings. The minimum absolute atomic E-state index is 0.0467. The van der Waals surface area contributed by atoms with Crippen LogP contribution in [-0.2, 0) is 33.4 Å². The number of ether oxygens (including phenoxy) is 3. The normalized spacial score (nSPS) is 37.1. The molecule has 3 aliphatic carbocycles. The molecule has 1 aliphatic heterocycles. The van der Waals surface area contributed by atoms with E-state index in [0.29, 0.717) is 12.8 Å². The van der Waals surface area contributed by atoms with E-state index in [-0.39, 0.29) is 48.4 Å². The number of methoxy groups -OCH3 is 1. The van der Waals surface area contributed by atoms with Crippen molar-refractivity contribution < 1.29 is 37.8 Å². The van der Waals surface area contributed by atoms with Crippen molar-refractivity contribution in [1.82, 2.24) is 0 Å². The van der Waals surface area contributed by atoms with Crippen LogP contribution in [0.4, 0.5) is 0 Å². The Balaban J connectivity index is 1.67. The number of hydrogen-bond acceptors (Lipinski definition) is 8. The molecule has 8 atom stereocenters. The number of cyclic esters (lactones) is 1. The third-order valence-electron chi connectivity index (χ3n) is 11.1. The fourth-order valence-corrected chi connectivity index (χ4v) is 8.60. The minimum Gasteiger partial charge on any atom is -0.472 e. The van der Waals surface area contributed by atoms with Crippen molar-refractivity contribution in [2.24, 2.45) is 39.9 Å². The molecular weight excluding hydrogens is 512 g/mol. The first-order valence-corrected chi connectivity index (χ1v) is 14.6. The lowest BCUT2D eigenvalue weighted by Crippen LogP contribution is -2.66. The summed E-state index contributed by atoms with van der Waals surface area (Å²) in [5.41, 5.74) is 0.947. The van der Waals surface area contributed by atoms with Gasteiger partial charge in [-0.15, -0.1) is 0 Å². The molecule has 8 nitrogen and oxygen atoms in total. The average molecular weight is 555 g/mol. The summed E-state index contributed by atoms with van der Waals surface area (Å²) < 4.78 is 22.6. The van der Waals surface area contributed by atoms with E-state index in [1.54, 1.807) is 12.5 Å². The van der Waals surface area contributed by atoms with Crippen LogP contribution in [0.15, 0.2) is 34.2 Å². The summed E-state index contributed by atoms with van der Waals surface area (Å²) in [4.78, 5) is 53.4. The van der Waals surface area contributed by atoms with Gasteiger partial charge in [0.2, 0.25) is 0 Å². The Labute approximate surface area is 236 Å². The first kappa shape index (κ1) is 28.6. The molecule has 8 heteroatoms. The van der Waals surface area contributed by atoms with E-state index in [9.17, 15) is 19.2 Å². The number of rotatable bonds is 6. The van der Waals surface area contributed by atoms with E-state index >= 15 is 0 Å². The predicted octanol–water partition coefficient (Wildman–Crippen LogP) is 5.75. The standard InChI is InChI=1S/C32H42O8/c1-8-17(2)29(36)40-28-20-13-19-21(32(6,26(20)35)23(30(28,3)4)15-24(33)37-7)9-11-31(5)22(19)14-25(34)39-27(31)18-10-12-38-16-18/h10,12,16-17,20-21,23,27-28H,8-9,11,13-15H2,1-7H3/t17?,20?,21?,23?,27?,28?,31-,32-/m1/s1. The Bertz CT molecular complexity index is 1240. The first-order chi connectivity index (χ1) is 18.8. The minimum atomic E-state index is -0.879. The quantitative estimate of drug-likeness (QED) is 0.248. The zero-order chi connectivity index (χ0) is 29.2. The van der Waals surface area contributed by atoms with Crippen molar-refractivity contribution in [2.45, 2.75) is 92.3 Å². The van der Waals surface area contributed by atoms with E-state index < -0.39 is 40.3 Å². The second-order valence-electron chi connectivity index (χ2n) is 13.4. The smallest absolute Gasteiger partial charge is 0.310 e. The fraction of sp³-hybridized carbons (Fsp3) is 0.688. The summed E-state index contributed by atoms with van der Waals surface area (Å²) in [6.45, 7) is 11.9. The molecule has 2 heterocycles. The zero-order valence-corrected chi connectivity index (χ0v) is 24.7. The molecule has 5 rings (SSSR count). The summed E-state index contributed by atoms with van der Waals surface area (Å²) >= 11 is 0. The van der Waals surface area contributed by atoms with Crippen molar-refractivity contribution in [3.8, 4) is 0 Å². The van der Waals surface area contributed by atoms with Gasteiger partial charge in [0.05, 0.1) is 37.9 Å². The predicted molar refractivity (Wildman–Crippen MR) is 144 cm³/mol. The number of carbonyl (C=O) groups is 4. The first-order valence-electron chi connectivity index (χ1n) is 14.6. The Morgan fingerprint density at radius 2 is 1.90 bits per heavy atom. The van der Waals surface area contributed by atoms with Crippen molar-refractivity contribution >= 4 is 23.7 Å². The summed E-state index contributed by atoms with van der Waals surface area (Å²) in [5.74, 6) is -2.39. The molecule has 1 saturated heterocycles. The maximum atomic E-state index is 14.5. The number of fused-ring (bicyclic) bond motifs is 5. The van der Waals surface area contributed by atoms with Gasteiger partial charge in [-0.05, 0) is 49.2 Å². The second kappa shape index (κ2) is 9.88. The molecule has 40 heavy (non-hydrogen) atoms. The molecular formula is C32H42O8. The molecule has 0 amide bonds. The van der Waals surface area contributed by atoms with Gasteiger partial charge < -0.3 is 18.6 Å². The largest absolute Gasteiger partial charge is 0.472 e. The molecule has 218 valence electrons. The van der Waals surface area contributed by atoms with Crippen molar-refractivity contribution in [3.05, 3.63) is 35.3 Å². The number of furan rings is 1. The number of carbonyl (C=O) groups excluding carboxylic acids is 4. The highest BCUT2D eigenvalue weighted by atomic mass is 16.6. The molecule has 2 saturated carbocycles. The third kappa shape index (κ3) is 4.07. The molecule has 6 unspecified atom stereocenters. The summed E-state index contributed by atoms with van der Waals surface area (Å²) in [6.07, 6.45) is 4.74. The molecule has 0 N–H and O–H groups in total. The molecule has 1 aromatic heterocycles. The Kier molecular flexibility index (Phi) is 7.07. The molecule has 0 radical (unpaired) electrons. The van der Waals surface area contributed by atoms with Crippen LogP contribution in [0.25, 0.3) is 0 Å². The number of esters is 3. The number of hydrogen-bond donors (Lipinski definition) is 0. The molecule has 0 spiro atoms. The maximum absolute atomic E-state index is 14.5. The Hall–Kier alpha value is -2.90. The highest BCUT2D eigenvalue weighted by Crippen LogP contribution is 2.68. The van der Waals surface area contributed by atoms with E-state index in [1.807, 2.05) is 40.7 Å². The summed E-state index contributed by atoms with van der Waals surface area (Å²) in [6, 6.07) is 1.84. The van der Waals surface area contributed by atoms with Crippen molar-refractivity contribution in [3.63, 3.8) is 0 Å². The monoisotopic (exact) mass is 554 g/mol. The lowest BCUT2D eigenvalue weighted by molar-refractivity contribution is -0.200. The van der Waals surface area contributed by atoms with Crippen molar-refractivity contribution in [1.29, 1.82) is 0 Å². The molecule has 0 aromatic carbocycles. The highest BCUT2D eigenvalue weighted by molar-refractivity contribution is 5.92. The summed E-state index contributed by atoms with van der Waals surface area (Å²) in [5, 5.41) is 0. The van der Waals surface area contributed by atoms with Gasteiger partial charge in [0, 0.05) is 28.2 Å². The third-order valence-corrected chi connectivity index (χ3v) is 11.1. The zero-order valence-electron chi connectivity index (χ0n) is 24.7. The molecule has 3 fully saturated rings. The number of ketones is 1. The van der Waals surface area contributed by atoms with Crippen LogP contribution in [0.3, 0.4) is 0 Å². The van der Waals surface area contributed by atoms with Gasteiger partial charge in [-0.2, -0.15) is 0 Å². The van der Waals surface area contributed by atoms with Crippen LogP contribution in [0.5, 0.6) is 0 Å². The van der Waals surface area contributed by atoms with Gasteiger partial charge in [-0.25, -0.2) is 0 Å². The Morgan fingerprint density at radius 1 is 1.18 bits per heavy atom. The highest BCUT2D eigenvalue weighted by Gasteiger charge is 2.68. The van der Waals surface area contributed by atoms with Gasteiger partial charge in [-0.3, -0.25) is 19.2 Å². The van der Waals surface area contributed by atoms with E-state index in [1.165, 1.54) is 7.11 Å². The van der Waals surface area contributed by atoms with Crippen LogP contribution in [0.1, 0.15) is 91.7 Å². The lowest BCUT2D eigenvalue weighted by Gasteiger charge is -2.63. The topological polar surface area (TPSA) is 109 Å². The fourth-order valence-electron chi connectivity index (χ4n) is 8.60. The van der Waals surface area contributed by atoms with Gasteiger partial charge >= 0.3 is 17.9 Å². The molecule has 1 aromatic rings. The van der Waals surface area contributed by atoms with Crippen LogP contribution in [-0.4, -0.2) is 36.9 Å². The summed E-state index contributed by atoms with van der Waals surface area (Å²) in [7, 11) is 1.36. The van der Waals surface area contributed by atoms with E-state index in [4.69, 9.17) is 18.6 Å². The van der Waals surface area contributed by atoms with Crippen LogP contribution in [0, 0.1) is 39.9 Å². The Morgan fingerprint density at radius 3 is 2.52 bits per heavy atom. The molecule has 2 bridgehead atoms. The SMILES string of the molecule is CCC(C)C(=O)OC1C2CC3=C4CC(=O)OC(c5ccoc5)[C@]4(C)CCC3[C@@](C)(C2=O)C(CC(=O)OC)C1(C)C. The van der Waals surface area contributed by atoms with Crippen molar-refractivity contribution in [2.75, 3.05) is 7.11 Å². The second-order valence-corrected chi connectivity index (χ2v) is 13.4. The lowest BCUT2D eigenvalue weighted by atomic mass is 9.40. The van der Waals surface area contributed by atoms with Gasteiger partial charge in [0.1, 0.15) is 18.0 Å². The van der Waals surface area contributed by atoms with Gasteiger partial charge in [-0.1, -0.05) is 47.1 Å². The van der Waals surface area contributed by atoms with Crippen LogP contribution >= 0.6 is 0 Å². The number of allylic oxidation sites excluding steroid dienone is 1. The van der Waals surface area contributed by atoms with E-state index in [2.05, 4.69) is 6.92 Å². The van der Waals surface area contributed by atoms with Gasteiger partial charge in [0.15, 0.2) is 0 Å². The number of Topliss-reactive ketones (excluding diaryl/α,β-unsaturated/α-hetero) is 1. The van der Waals surface area contributed by atoms with Crippen LogP contribution in [0.2, 0.25) is 0 Å².